The third-order valence-corrected chi connectivity index (χ3v) is 6.90. The Labute approximate surface area is 274 Å². The Bertz CT molecular complexity index is 1590. The molecular weight excluding hydrogens is 640 g/mol. The molecule has 0 saturated carbocycles. The van der Waals surface area contributed by atoms with E-state index in [0.717, 1.165) is 31.9 Å². The smallest absolute Gasteiger partial charge is 0.303 e. The molecule has 0 radical (unpaired) electrons. The molecule has 1 saturated heterocycles. The number of halogens is 1. The summed E-state index contributed by atoms with van der Waals surface area (Å²) in [5.74, 6) is -2.76. The summed E-state index contributed by atoms with van der Waals surface area (Å²) in [7, 11) is 0. The molecule has 2 N–H and O–H groups in total. The van der Waals surface area contributed by atoms with Gasteiger partial charge in [-0.2, -0.15) is 0 Å². The topological polar surface area (TPSA) is 164 Å². The van der Waals surface area contributed by atoms with Crippen molar-refractivity contribution >= 4 is 58.8 Å². The molecule has 46 heavy (non-hydrogen) atoms. The van der Waals surface area contributed by atoms with Crippen molar-refractivity contribution in [3.63, 3.8) is 0 Å². The third-order valence-electron chi connectivity index (χ3n) is 6.43. The minimum atomic E-state index is -1.37. The maximum absolute atomic E-state index is 12.2. The van der Waals surface area contributed by atoms with Gasteiger partial charge in [0.05, 0.1) is 11.4 Å². The monoisotopic (exact) mass is 670 g/mol. The standard InChI is InChI=1S/C31H31ClN4O9S/c1-16(37)41-15-25-26(42-17(2)38)27(43-18(3)39)28(44-19(4)40)29(45-25)35-31(46)36-30-33-23(20-8-6-5-7-9-20)14-24(34-30)21-10-12-22(32)13-11-21/h5-14,25-29H,15H2,1-4H3,(H2,33,34,35,36,46). The molecule has 0 bridgehead atoms. The molecule has 0 spiro atoms. The second kappa shape index (κ2) is 15.6. The van der Waals surface area contributed by atoms with Crippen molar-refractivity contribution in [2.24, 2.45) is 0 Å². The predicted molar refractivity (Wildman–Crippen MR) is 169 cm³/mol. The van der Waals surface area contributed by atoms with E-state index in [1.807, 2.05) is 48.5 Å². The van der Waals surface area contributed by atoms with Crippen LogP contribution in [0.4, 0.5) is 5.95 Å². The van der Waals surface area contributed by atoms with Gasteiger partial charge in [0.15, 0.2) is 29.7 Å². The van der Waals surface area contributed by atoms with Gasteiger partial charge in [-0.25, -0.2) is 9.97 Å². The maximum atomic E-state index is 12.2. The summed E-state index contributed by atoms with van der Waals surface area (Å²) >= 11 is 11.7. The van der Waals surface area contributed by atoms with Gasteiger partial charge in [-0.15, -0.1) is 0 Å². The molecule has 13 nitrogen and oxygen atoms in total. The first-order valence-corrected chi connectivity index (χ1v) is 14.8. The number of benzene rings is 2. The summed E-state index contributed by atoms with van der Waals surface area (Å²) in [6, 6.07) is 18.4. The molecule has 4 rings (SSSR count). The number of nitrogens with one attached hydrogen (secondary N) is 2. The Hall–Kier alpha value is -4.66. The zero-order valence-corrected chi connectivity index (χ0v) is 26.8. The number of hydrogen-bond donors (Lipinski definition) is 2. The van der Waals surface area contributed by atoms with Crippen LogP contribution in [-0.2, 0) is 42.9 Å². The van der Waals surface area contributed by atoms with E-state index in [4.69, 9.17) is 47.5 Å². The van der Waals surface area contributed by atoms with Gasteiger partial charge in [-0.1, -0.05) is 54.1 Å². The van der Waals surface area contributed by atoms with Gasteiger partial charge in [0.2, 0.25) is 5.95 Å². The maximum Gasteiger partial charge on any atom is 0.303 e. The normalized spacial score (nSPS) is 20.5. The van der Waals surface area contributed by atoms with Gasteiger partial charge in [-0.05, 0) is 30.4 Å². The molecule has 5 unspecified atom stereocenters. The summed E-state index contributed by atoms with van der Waals surface area (Å²) in [6.45, 7) is 4.22. The van der Waals surface area contributed by atoms with Gasteiger partial charge in [-0.3, -0.25) is 19.2 Å². The number of nitrogens with zero attached hydrogens (tertiary/aromatic N) is 2. The number of aromatic nitrogens is 2. The summed E-state index contributed by atoms with van der Waals surface area (Å²) in [5.41, 5.74) is 2.76. The minimum absolute atomic E-state index is 0.0619. The number of carbonyl (C=O) groups is 4. The molecule has 2 aromatic carbocycles. The van der Waals surface area contributed by atoms with Gasteiger partial charge in [0, 0.05) is 43.8 Å². The molecule has 1 aliphatic rings. The summed E-state index contributed by atoms with van der Waals surface area (Å²) in [6.07, 6.45) is -6.47. The summed E-state index contributed by atoms with van der Waals surface area (Å²) in [5, 5.41) is 6.33. The number of hydrogen-bond acceptors (Lipinski definition) is 12. The first kappa shape index (κ1) is 34.2. The second-order valence-corrected chi connectivity index (χ2v) is 10.9. The van der Waals surface area contributed by atoms with E-state index in [0.29, 0.717) is 16.4 Å². The first-order valence-electron chi connectivity index (χ1n) is 14.0. The van der Waals surface area contributed by atoms with Crippen molar-refractivity contribution in [2.75, 3.05) is 11.9 Å². The Kier molecular flexibility index (Phi) is 11.6. The Morgan fingerprint density at radius 2 is 1.33 bits per heavy atom. The Morgan fingerprint density at radius 1 is 0.783 bits per heavy atom. The number of anilines is 1. The van der Waals surface area contributed by atoms with E-state index in [-0.39, 0.29) is 17.7 Å². The van der Waals surface area contributed by atoms with Crippen LogP contribution in [-0.4, -0.2) is 76.2 Å². The highest BCUT2D eigenvalue weighted by atomic mass is 35.5. The molecule has 5 atom stereocenters. The van der Waals surface area contributed by atoms with Crippen LogP contribution in [0.2, 0.25) is 5.02 Å². The van der Waals surface area contributed by atoms with Crippen molar-refractivity contribution in [1.82, 2.24) is 15.3 Å². The van der Waals surface area contributed by atoms with Crippen LogP contribution in [0.1, 0.15) is 27.7 Å². The number of thiocarbonyl (C=S) groups is 1. The third kappa shape index (κ3) is 9.42. The average molecular weight is 671 g/mol. The van der Waals surface area contributed by atoms with E-state index in [2.05, 4.69) is 20.6 Å². The molecule has 1 aromatic heterocycles. The summed E-state index contributed by atoms with van der Waals surface area (Å²) in [4.78, 5) is 57.1. The number of rotatable bonds is 9. The van der Waals surface area contributed by atoms with E-state index < -0.39 is 54.5 Å². The van der Waals surface area contributed by atoms with Crippen LogP contribution in [0.5, 0.6) is 0 Å². The Balaban J connectivity index is 1.66. The number of carbonyl (C=O) groups excluding carboxylic acids is 4. The lowest BCUT2D eigenvalue weighted by molar-refractivity contribution is -0.254. The molecule has 1 fully saturated rings. The molecule has 2 heterocycles. The van der Waals surface area contributed by atoms with Gasteiger partial charge >= 0.3 is 23.9 Å². The fraction of sp³-hybridized carbons (Fsp3) is 0.323. The van der Waals surface area contributed by atoms with E-state index >= 15 is 0 Å². The fourth-order valence-corrected chi connectivity index (χ4v) is 4.97. The van der Waals surface area contributed by atoms with Crippen LogP contribution in [0.25, 0.3) is 22.5 Å². The van der Waals surface area contributed by atoms with Crippen LogP contribution in [0.15, 0.2) is 60.7 Å². The average Bonchev–Trinajstić information content (AvgIpc) is 2.99. The minimum Gasteiger partial charge on any atom is -0.463 e. The zero-order chi connectivity index (χ0) is 33.4. The predicted octanol–water partition coefficient (Wildman–Crippen LogP) is 3.83. The largest absolute Gasteiger partial charge is 0.463 e. The molecule has 3 aromatic rings. The van der Waals surface area contributed by atoms with Crippen molar-refractivity contribution in [1.29, 1.82) is 0 Å². The summed E-state index contributed by atoms with van der Waals surface area (Å²) < 4.78 is 27.5. The number of esters is 4. The highest BCUT2D eigenvalue weighted by molar-refractivity contribution is 7.80. The fourth-order valence-electron chi connectivity index (χ4n) is 4.64. The first-order chi connectivity index (χ1) is 21.9. The molecule has 1 aliphatic heterocycles. The SMILES string of the molecule is CC(=O)OCC1OC(NC(=S)Nc2nc(-c3ccccc3)cc(-c3ccc(Cl)cc3)n2)C(OC(C)=O)C(OC(C)=O)C1OC(C)=O. The van der Waals surface area contributed by atoms with Crippen LogP contribution < -0.4 is 10.6 Å². The van der Waals surface area contributed by atoms with E-state index in [1.165, 1.54) is 6.92 Å². The molecule has 242 valence electrons. The second-order valence-electron chi connectivity index (χ2n) is 10.1. The van der Waals surface area contributed by atoms with Gasteiger partial charge < -0.3 is 34.3 Å². The van der Waals surface area contributed by atoms with Gasteiger partial charge in [0.25, 0.3) is 0 Å². The van der Waals surface area contributed by atoms with Crippen molar-refractivity contribution < 1.29 is 42.9 Å². The van der Waals surface area contributed by atoms with Crippen LogP contribution in [0.3, 0.4) is 0 Å². The highest BCUT2D eigenvalue weighted by Crippen LogP contribution is 2.29. The molecule has 0 amide bonds. The van der Waals surface area contributed by atoms with Crippen molar-refractivity contribution in [3.8, 4) is 22.5 Å². The van der Waals surface area contributed by atoms with E-state index in [9.17, 15) is 19.2 Å². The van der Waals surface area contributed by atoms with Crippen molar-refractivity contribution in [3.05, 3.63) is 65.7 Å². The van der Waals surface area contributed by atoms with Crippen LogP contribution >= 0.6 is 23.8 Å². The lowest BCUT2D eigenvalue weighted by Crippen LogP contribution is -2.66. The molecule has 0 aliphatic carbocycles. The molecule has 15 heteroatoms. The number of ether oxygens (including phenoxy) is 5. The van der Waals surface area contributed by atoms with E-state index in [1.54, 1.807) is 12.1 Å². The van der Waals surface area contributed by atoms with Crippen molar-refractivity contribution in [2.45, 2.75) is 58.3 Å². The zero-order valence-electron chi connectivity index (χ0n) is 25.2. The highest BCUT2D eigenvalue weighted by Gasteiger charge is 2.52. The lowest BCUT2D eigenvalue weighted by Gasteiger charge is -2.44. The van der Waals surface area contributed by atoms with Crippen LogP contribution in [0, 0.1) is 0 Å². The molecular formula is C31H31ClN4O9S. The lowest BCUT2D eigenvalue weighted by atomic mass is 9.97. The quantitative estimate of drug-likeness (QED) is 0.192. The van der Waals surface area contributed by atoms with Gasteiger partial charge in [0.1, 0.15) is 12.7 Å². The Morgan fingerprint density at radius 3 is 1.89 bits per heavy atom.